The molecule has 2 aromatic carbocycles. The van der Waals surface area contributed by atoms with Crippen LogP contribution in [0.15, 0.2) is 30.3 Å². The highest BCUT2D eigenvalue weighted by atomic mass is 35.5. The summed E-state index contributed by atoms with van der Waals surface area (Å²) in [5, 5.41) is 1.65. The van der Waals surface area contributed by atoms with Gasteiger partial charge in [-0.3, -0.25) is 4.90 Å². The van der Waals surface area contributed by atoms with Crippen LogP contribution in [0.5, 0.6) is 5.75 Å². The molecule has 2 nitrogen and oxygen atoms in total. The lowest BCUT2D eigenvalue weighted by Gasteiger charge is -2.28. The number of halogens is 2. The van der Waals surface area contributed by atoms with E-state index in [1.54, 1.807) is 0 Å². The van der Waals surface area contributed by atoms with Crippen LogP contribution in [0.1, 0.15) is 22.3 Å². The first-order chi connectivity index (χ1) is 10.5. The fraction of sp³-hybridized carbons (Fsp3) is 0.333. The molecule has 2 aromatic rings. The van der Waals surface area contributed by atoms with Gasteiger partial charge < -0.3 is 4.74 Å². The van der Waals surface area contributed by atoms with Crippen LogP contribution in [0.4, 0.5) is 0 Å². The van der Waals surface area contributed by atoms with Gasteiger partial charge in [-0.2, -0.15) is 0 Å². The molecule has 1 N–H and O–H groups in total. The van der Waals surface area contributed by atoms with Crippen molar-refractivity contribution in [2.45, 2.75) is 26.8 Å². The van der Waals surface area contributed by atoms with Gasteiger partial charge in [-0.1, -0.05) is 35.3 Å². The highest BCUT2D eigenvalue weighted by Crippen LogP contribution is 2.32. The Labute approximate surface area is 141 Å². The summed E-state index contributed by atoms with van der Waals surface area (Å²) >= 11 is 12.3. The van der Waals surface area contributed by atoms with E-state index >= 15 is 0 Å². The number of benzene rings is 2. The average molecular weight is 337 g/mol. The van der Waals surface area contributed by atoms with E-state index in [0.29, 0.717) is 6.73 Å². The standard InChI is InChI=1S/C18H19Cl2NO/c1-12-9-17-16(13(2)18(12)20)10-21(11-22-17)8-7-14-3-5-15(19)6-4-14/h3-6,9H,7-8,10-11H2,1-2H3/p+1. The lowest BCUT2D eigenvalue weighted by molar-refractivity contribution is -0.932. The Kier molecular flexibility index (Phi) is 4.62. The van der Waals surface area contributed by atoms with E-state index in [0.717, 1.165) is 46.4 Å². The normalized spacial score (nSPS) is 17.0. The first-order valence-electron chi connectivity index (χ1n) is 7.54. The van der Waals surface area contributed by atoms with Crippen LogP contribution in [0, 0.1) is 13.8 Å². The molecule has 1 atom stereocenters. The van der Waals surface area contributed by atoms with E-state index in [2.05, 4.69) is 25.1 Å². The summed E-state index contributed by atoms with van der Waals surface area (Å²) in [6.07, 6.45) is 1.02. The molecule has 0 radical (unpaired) electrons. The second kappa shape index (κ2) is 6.49. The third-order valence-corrected chi connectivity index (χ3v) is 5.15. The molecule has 0 fully saturated rings. The van der Waals surface area contributed by atoms with Crippen LogP contribution in [0.2, 0.25) is 10.0 Å². The van der Waals surface area contributed by atoms with Gasteiger partial charge in [0.1, 0.15) is 12.3 Å². The number of hydrogen-bond donors (Lipinski definition) is 1. The summed E-state index contributed by atoms with van der Waals surface area (Å²) in [6.45, 7) is 6.82. The van der Waals surface area contributed by atoms with E-state index in [1.165, 1.54) is 16.0 Å². The molecule has 0 aliphatic carbocycles. The fourth-order valence-corrected chi connectivity index (χ4v) is 3.22. The molecule has 0 saturated carbocycles. The minimum atomic E-state index is 0.709. The summed E-state index contributed by atoms with van der Waals surface area (Å²) in [4.78, 5) is 1.42. The van der Waals surface area contributed by atoms with Gasteiger partial charge in [0.05, 0.1) is 12.1 Å². The van der Waals surface area contributed by atoms with Crippen molar-refractivity contribution in [1.29, 1.82) is 0 Å². The van der Waals surface area contributed by atoms with Crippen molar-refractivity contribution in [2.75, 3.05) is 13.3 Å². The summed E-state index contributed by atoms with van der Waals surface area (Å²) < 4.78 is 5.94. The van der Waals surface area contributed by atoms with Crippen LogP contribution >= 0.6 is 23.2 Å². The van der Waals surface area contributed by atoms with Crippen molar-refractivity contribution < 1.29 is 9.64 Å². The van der Waals surface area contributed by atoms with Crippen LogP contribution in [0.3, 0.4) is 0 Å². The van der Waals surface area contributed by atoms with Crippen molar-refractivity contribution in [3.63, 3.8) is 0 Å². The first kappa shape index (κ1) is 15.7. The highest BCUT2D eigenvalue weighted by Gasteiger charge is 2.24. The maximum Gasteiger partial charge on any atom is 0.222 e. The van der Waals surface area contributed by atoms with E-state index in [9.17, 15) is 0 Å². The Hall–Kier alpha value is -1.22. The lowest BCUT2D eigenvalue weighted by atomic mass is 10.0. The van der Waals surface area contributed by atoms with Crippen molar-refractivity contribution in [3.8, 4) is 5.75 Å². The van der Waals surface area contributed by atoms with Crippen molar-refractivity contribution in [1.82, 2.24) is 0 Å². The van der Waals surface area contributed by atoms with Gasteiger partial charge >= 0.3 is 0 Å². The smallest absolute Gasteiger partial charge is 0.222 e. The molecule has 22 heavy (non-hydrogen) atoms. The topological polar surface area (TPSA) is 13.7 Å². The summed E-state index contributed by atoms with van der Waals surface area (Å²) in [5.41, 5.74) is 4.79. The summed E-state index contributed by atoms with van der Waals surface area (Å²) in [6, 6.07) is 10.1. The van der Waals surface area contributed by atoms with E-state index in [4.69, 9.17) is 27.9 Å². The molecule has 0 spiro atoms. The van der Waals surface area contributed by atoms with Crippen molar-refractivity contribution >= 4 is 23.2 Å². The van der Waals surface area contributed by atoms with Crippen LogP contribution < -0.4 is 9.64 Å². The Bertz CT molecular complexity index is 682. The van der Waals surface area contributed by atoms with Gasteiger partial charge in [0.2, 0.25) is 6.73 Å². The zero-order chi connectivity index (χ0) is 15.7. The molecule has 1 aliphatic rings. The molecule has 0 aromatic heterocycles. The molecule has 1 unspecified atom stereocenters. The highest BCUT2D eigenvalue weighted by molar-refractivity contribution is 6.32. The maximum atomic E-state index is 6.37. The zero-order valence-corrected chi connectivity index (χ0v) is 14.4. The van der Waals surface area contributed by atoms with Crippen molar-refractivity contribution in [3.05, 3.63) is 62.6 Å². The molecular formula is C18H20Cl2NO+. The van der Waals surface area contributed by atoms with E-state index in [-0.39, 0.29) is 0 Å². The van der Waals surface area contributed by atoms with Crippen LogP contribution in [-0.2, 0) is 13.0 Å². The first-order valence-corrected chi connectivity index (χ1v) is 8.29. The number of hydrogen-bond acceptors (Lipinski definition) is 1. The number of fused-ring (bicyclic) bond motifs is 1. The molecule has 4 heteroatoms. The van der Waals surface area contributed by atoms with E-state index < -0.39 is 0 Å². The predicted octanol–water partition coefficient (Wildman–Crippen LogP) is 3.59. The van der Waals surface area contributed by atoms with E-state index in [1.807, 2.05) is 19.1 Å². The Morgan fingerprint density at radius 2 is 1.86 bits per heavy atom. The lowest BCUT2D eigenvalue weighted by Crippen LogP contribution is -3.12. The molecular weight excluding hydrogens is 317 g/mol. The molecule has 1 aliphatic heterocycles. The Morgan fingerprint density at radius 3 is 2.59 bits per heavy atom. The minimum Gasteiger partial charge on any atom is -0.445 e. The predicted molar refractivity (Wildman–Crippen MR) is 91.1 cm³/mol. The molecule has 0 saturated heterocycles. The number of rotatable bonds is 3. The largest absolute Gasteiger partial charge is 0.445 e. The fourth-order valence-electron chi connectivity index (χ4n) is 2.92. The summed E-state index contributed by atoms with van der Waals surface area (Å²) in [5.74, 6) is 0.995. The Morgan fingerprint density at radius 1 is 1.14 bits per heavy atom. The van der Waals surface area contributed by atoms with Gasteiger partial charge in [-0.05, 0) is 48.7 Å². The monoisotopic (exact) mass is 336 g/mol. The quantitative estimate of drug-likeness (QED) is 0.904. The average Bonchev–Trinajstić information content (AvgIpc) is 2.52. The Balaban J connectivity index is 1.69. The zero-order valence-electron chi connectivity index (χ0n) is 12.9. The molecule has 0 bridgehead atoms. The molecule has 3 rings (SSSR count). The van der Waals surface area contributed by atoms with Crippen LogP contribution in [0.25, 0.3) is 0 Å². The summed E-state index contributed by atoms with van der Waals surface area (Å²) in [7, 11) is 0. The molecule has 1 heterocycles. The molecule has 0 amide bonds. The number of nitrogens with one attached hydrogen (secondary N) is 1. The van der Waals surface area contributed by atoms with Crippen LogP contribution in [-0.4, -0.2) is 13.3 Å². The third-order valence-electron chi connectivity index (χ3n) is 4.31. The third kappa shape index (κ3) is 3.24. The van der Waals surface area contributed by atoms with Gasteiger partial charge in [-0.15, -0.1) is 0 Å². The second-order valence-electron chi connectivity index (χ2n) is 5.95. The van der Waals surface area contributed by atoms with Gasteiger partial charge in [0.25, 0.3) is 0 Å². The maximum absolute atomic E-state index is 6.37. The SMILES string of the molecule is Cc1cc2c(c(C)c1Cl)C[NH+](CCc1ccc(Cl)cc1)CO2. The van der Waals surface area contributed by atoms with Crippen molar-refractivity contribution in [2.24, 2.45) is 0 Å². The number of quaternary nitrogens is 1. The van der Waals surface area contributed by atoms with Gasteiger partial charge in [0.15, 0.2) is 0 Å². The molecule has 116 valence electrons. The van der Waals surface area contributed by atoms with Gasteiger partial charge in [-0.25, -0.2) is 0 Å². The minimum absolute atomic E-state index is 0.709. The second-order valence-corrected chi connectivity index (χ2v) is 6.77. The number of ether oxygens (including phenoxy) is 1. The number of aryl methyl sites for hydroxylation is 1. The van der Waals surface area contributed by atoms with Gasteiger partial charge in [0, 0.05) is 16.5 Å².